The quantitative estimate of drug-likeness (QED) is 0.881. The number of halogens is 1. The standard InChI is InChI=1S/C19H19FN2O2S/c20-17-11-9-15(10-12-17)19(14-5-1-2-6-14)22-25(23,24)18-8-4-3-7-16(18)13-21/h3-4,7-12,14,19,22H,1-2,5-6H2. The maximum atomic E-state index is 13.3. The lowest BCUT2D eigenvalue weighted by molar-refractivity contribution is 0.410. The van der Waals surface area contributed by atoms with E-state index in [9.17, 15) is 18.1 Å². The van der Waals surface area contributed by atoms with Crippen LogP contribution in [0.15, 0.2) is 53.4 Å². The lowest BCUT2D eigenvalue weighted by Crippen LogP contribution is -2.33. The molecular weight excluding hydrogens is 339 g/mol. The van der Waals surface area contributed by atoms with E-state index in [-0.39, 0.29) is 22.2 Å². The first kappa shape index (κ1) is 17.6. The molecule has 6 heteroatoms. The summed E-state index contributed by atoms with van der Waals surface area (Å²) < 4.78 is 41.8. The summed E-state index contributed by atoms with van der Waals surface area (Å²) in [6.45, 7) is 0. The van der Waals surface area contributed by atoms with Gasteiger partial charge < -0.3 is 0 Å². The number of nitriles is 1. The largest absolute Gasteiger partial charge is 0.242 e. The van der Waals surface area contributed by atoms with Gasteiger partial charge in [0.25, 0.3) is 0 Å². The molecule has 2 aromatic rings. The van der Waals surface area contributed by atoms with E-state index in [2.05, 4.69) is 4.72 Å². The van der Waals surface area contributed by atoms with E-state index in [1.165, 1.54) is 24.3 Å². The molecule has 0 saturated heterocycles. The molecule has 0 radical (unpaired) electrons. The van der Waals surface area contributed by atoms with Crippen molar-refractivity contribution in [2.24, 2.45) is 5.92 Å². The molecule has 130 valence electrons. The summed E-state index contributed by atoms with van der Waals surface area (Å²) in [6, 6.07) is 13.6. The van der Waals surface area contributed by atoms with Crippen molar-refractivity contribution >= 4 is 10.0 Å². The molecule has 1 aliphatic carbocycles. The van der Waals surface area contributed by atoms with Crippen LogP contribution in [0.25, 0.3) is 0 Å². The van der Waals surface area contributed by atoms with Crippen LogP contribution in [0.4, 0.5) is 4.39 Å². The van der Waals surface area contributed by atoms with Crippen LogP contribution in [0.5, 0.6) is 0 Å². The van der Waals surface area contributed by atoms with Crippen molar-refractivity contribution in [1.29, 1.82) is 5.26 Å². The molecule has 0 aliphatic heterocycles. The summed E-state index contributed by atoms with van der Waals surface area (Å²) in [6.07, 6.45) is 3.95. The lowest BCUT2D eigenvalue weighted by atomic mass is 9.92. The maximum Gasteiger partial charge on any atom is 0.242 e. The van der Waals surface area contributed by atoms with Gasteiger partial charge in [0, 0.05) is 6.04 Å². The number of hydrogen-bond donors (Lipinski definition) is 1. The van der Waals surface area contributed by atoms with Crippen LogP contribution in [0, 0.1) is 23.1 Å². The molecule has 1 unspecified atom stereocenters. The second-order valence-corrected chi connectivity index (χ2v) is 7.99. The van der Waals surface area contributed by atoms with E-state index in [1.54, 1.807) is 24.3 Å². The molecule has 0 amide bonds. The molecule has 2 aromatic carbocycles. The van der Waals surface area contributed by atoms with Gasteiger partial charge in [-0.2, -0.15) is 5.26 Å². The Morgan fingerprint density at radius 1 is 1.08 bits per heavy atom. The zero-order valence-corrected chi connectivity index (χ0v) is 14.5. The number of nitrogens with one attached hydrogen (secondary N) is 1. The average molecular weight is 358 g/mol. The second-order valence-electron chi connectivity index (χ2n) is 6.30. The first-order valence-corrected chi connectivity index (χ1v) is 9.76. The van der Waals surface area contributed by atoms with Crippen LogP contribution in [0.2, 0.25) is 0 Å². The second kappa shape index (κ2) is 7.34. The van der Waals surface area contributed by atoms with Gasteiger partial charge in [-0.3, -0.25) is 0 Å². The maximum absolute atomic E-state index is 13.3. The van der Waals surface area contributed by atoms with E-state index < -0.39 is 16.1 Å². The highest BCUT2D eigenvalue weighted by Crippen LogP contribution is 2.37. The fraction of sp³-hybridized carbons (Fsp3) is 0.316. The predicted octanol–water partition coefficient (Wildman–Crippen LogP) is 3.91. The molecule has 1 N–H and O–H groups in total. The molecular formula is C19H19FN2O2S. The van der Waals surface area contributed by atoms with Gasteiger partial charge in [-0.05, 0) is 48.6 Å². The number of benzene rings is 2. The zero-order chi connectivity index (χ0) is 17.9. The highest BCUT2D eigenvalue weighted by Gasteiger charge is 2.31. The van der Waals surface area contributed by atoms with Crippen molar-refractivity contribution in [3.63, 3.8) is 0 Å². The minimum absolute atomic E-state index is 0.0254. The molecule has 25 heavy (non-hydrogen) atoms. The molecule has 1 atom stereocenters. The van der Waals surface area contributed by atoms with Crippen LogP contribution in [-0.4, -0.2) is 8.42 Å². The van der Waals surface area contributed by atoms with Crippen molar-refractivity contribution in [3.8, 4) is 6.07 Å². The fourth-order valence-electron chi connectivity index (χ4n) is 3.42. The van der Waals surface area contributed by atoms with Crippen molar-refractivity contribution in [2.75, 3.05) is 0 Å². The molecule has 1 saturated carbocycles. The number of nitrogens with zero attached hydrogens (tertiary/aromatic N) is 1. The Balaban J connectivity index is 1.97. The summed E-state index contributed by atoms with van der Waals surface area (Å²) in [5, 5.41) is 9.19. The predicted molar refractivity (Wildman–Crippen MR) is 92.6 cm³/mol. The van der Waals surface area contributed by atoms with Crippen molar-refractivity contribution in [3.05, 3.63) is 65.5 Å². The van der Waals surface area contributed by atoms with Gasteiger partial charge in [-0.15, -0.1) is 0 Å². The Bertz CT molecular complexity index is 882. The summed E-state index contributed by atoms with van der Waals surface area (Å²) >= 11 is 0. The molecule has 1 aliphatic rings. The van der Waals surface area contributed by atoms with Crippen molar-refractivity contribution in [2.45, 2.75) is 36.6 Å². The third-order valence-electron chi connectivity index (χ3n) is 4.68. The first-order valence-electron chi connectivity index (χ1n) is 8.28. The average Bonchev–Trinajstić information content (AvgIpc) is 3.15. The van der Waals surface area contributed by atoms with Gasteiger partial charge in [-0.25, -0.2) is 17.5 Å². The Morgan fingerprint density at radius 2 is 1.72 bits per heavy atom. The van der Waals surface area contributed by atoms with Crippen molar-refractivity contribution in [1.82, 2.24) is 4.72 Å². The summed E-state index contributed by atoms with van der Waals surface area (Å²) in [5.41, 5.74) is 0.852. The number of rotatable bonds is 5. The van der Waals surface area contributed by atoms with Gasteiger partial charge in [0.15, 0.2) is 0 Å². The minimum atomic E-state index is -3.86. The summed E-state index contributed by atoms with van der Waals surface area (Å²) in [7, 11) is -3.86. The van der Waals surface area contributed by atoms with Crippen LogP contribution in [0.1, 0.15) is 42.9 Å². The van der Waals surface area contributed by atoms with Crippen molar-refractivity contribution < 1.29 is 12.8 Å². The van der Waals surface area contributed by atoms with Crippen LogP contribution < -0.4 is 4.72 Å². The van der Waals surface area contributed by atoms with Gasteiger partial charge in [0.1, 0.15) is 11.9 Å². The third-order valence-corrected chi connectivity index (χ3v) is 6.18. The van der Waals surface area contributed by atoms with Crippen LogP contribution >= 0.6 is 0 Å². The third kappa shape index (κ3) is 3.89. The van der Waals surface area contributed by atoms with Gasteiger partial charge >= 0.3 is 0 Å². The van der Waals surface area contributed by atoms with Crippen LogP contribution in [-0.2, 0) is 10.0 Å². The Morgan fingerprint density at radius 3 is 2.36 bits per heavy atom. The highest BCUT2D eigenvalue weighted by atomic mass is 32.2. The van der Waals surface area contributed by atoms with E-state index >= 15 is 0 Å². The monoisotopic (exact) mass is 358 g/mol. The zero-order valence-electron chi connectivity index (χ0n) is 13.7. The minimum Gasteiger partial charge on any atom is -0.207 e. The van der Waals surface area contributed by atoms with E-state index in [4.69, 9.17) is 0 Å². The smallest absolute Gasteiger partial charge is 0.207 e. The SMILES string of the molecule is N#Cc1ccccc1S(=O)(=O)NC(c1ccc(F)cc1)C1CCCC1. The lowest BCUT2D eigenvalue weighted by Gasteiger charge is -2.25. The first-order chi connectivity index (χ1) is 12.0. The van der Waals surface area contributed by atoms with Gasteiger partial charge in [0.05, 0.1) is 10.5 Å². The molecule has 0 bridgehead atoms. The summed E-state index contributed by atoms with van der Waals surface area (Å²) in [5.74, 6) is -0.193. The van der Waals surface area contributed by atoms with Crippen LogP contribution in [0.3, 0.4) is 0 Å². The summed E-state index contributed by atoms with van der Waals surface area (Å²) in [4.78, 5) is -0.0254. The van der Waals surface area contributed by atoms with E-state index in [0.29, 0.717) is 0 Å². The van der Waals surface area contributed by atoms with E-state index in [1.807, 2.05) is 6.07 Å². The Kier molecular flexibility index (Phi) is 5.16. The fourth-order valence-corrected chi connectivity index (χ4v) is 4.87. The highest BCUT2D eigenvalue weighted by molar-refractivity contribution is 7.89. The molecule has 0 heterocycles. The molecule has 1 fully saturated rings. The molecule has 0 spiro atoms. The normalized spacial score (nSPS) is 16.5. The Labute approximate surface area is 147 Å². The Hall–Kier alpha value is -2.23. The number of sulfonamides is 1. The molecule has 0 aromatic heterocycles. The molecule has 3 rings (SSSR count). The van der Waals surface area contributed by atoms with E-state index in [0.717, 1.165) is 31.2 Å². The van der Waals surface area contributed by atoms with Gasteiger partial charge in [-0.1, -0.05) is 37.1 Å². The topological polar surface area (TPSA) is 70.0 Å². The number of hydrogen-bond acceptors (Lipinski definition) is 3. The van der Waals surface area contributed by atoms with Gasteiger partial charge in [0.2, 0.25) is 10.0 Å². The molecule has 4 nitrogen and oxygen atoms in total.